The molecular weight excluding hydrogens is 98.1 g/mol. The average molecular weight is 109 g/mol. The summed E-state index contributed by atoms with van der Waals surface area (Å²) < 4.78 is 0. The third-order valence-corrected chi connectivity index (χ3v) is 1.28. The highest BCUT2D eigenvalue weighted by atomic mass is 14.7. The summed E-state index contributed by atoms with van der Waals surface area (Å²) in [5.41, 5.74) is 1.39. The third kappa shape index (κ3) is 1.19. The summed E-state index contributed by atoms with van der Waals surface area (Å²) in [5, 5.41) is 0. The van der Waals surface area contributed by atoms with Crippen LogP contribution in [0.2, 0.25) is 0 Å². The lowest BCUT2D eigenvalue weighted by molar-refractivity contribution is 0.759. The molecule has 8 heavy (non-hydrogen) atoms. The molecule has 1 rings (SSSR count). The molecule has 0 spiro atoms. The second kappa shape index (κ2) is 2.12. The Morgan fingerprint density at radius 2 is 2.50 bits per heavy atom. The molecule has 1 unspecified atom stereocenters. The summed E-state index contributed by atoms with van der Waals surface area (Å²) in [6.45, 7) is 4.30. The van der Waals surface area contributed by atoms with Gasteiger partial charge in [0.05, 0.1) is 0 Å². The summed E-state index contributed by atoms with van der Waals surface area (Å²) in [7, 11) is 0. The van der Waals surface area contributed by atoms with Crippen LogP contribution in [0, 0.1) is 5.92 Å². The summed E-state index contributed by atoms with van der Waals surface area (Å²) in [6, 6.07) is 0. The maximum Gasteiger partial charge on any atom is 0.0253 e. The molecule has 0 aromatic rings. The van der Waals surface area contributed by atoms with E-state index < -0.39 is 0 Å². The van der Waals surface area contributed by atoms with Crippen molar-refractivity contribution < 1.29 is 0 Å². The minimum absolute atomic E-state index is 0.653. The van der Waals surface area contributed by atoms with Gasteiger partial charge in [0.25, 0.3) is 0 Å². The van der Waals surface area contributed by atoms with Gasteiger partial charge in [0.1, 0.15) is 0 Å². The van der Waals surface area contributed by atoms with Crippen molar-refractivity contribution in [2.75, 3.05) is 0 Å². The van der Waals surface area contributed by atoms with Crippen LogP contribution < -0.4 is 0 Å². The Hall–Kier alpha value is -0.590. The van der Waals surface area contributed by atoms with Crippen LogP contribution in [-0.4, -0.2) is 6.21 Å². The van der Waals surface area contributed by atoms with E-state index in [4.69, 9.17) is 0 Å². The Morgan fingerprint density at radius 1 is 1.75 bits per heavy atom. The molecule has 0 saturated carbocycles. The quantitative estimate of drug-likeness (QED) is 0.451. The number of aliphatic imine (C=N–C) groups is 1. The van der Waals surface area contributed by atoms with Gasteiger partial charge >= 0.3 is 0 Å². The highest BCUT2D eigenvalue weighted by molar-refractivity contribution is 5.62. The second-order valence-corrected chi connectivity index (χ2v) is 2.46. The van der Waals surface area contributed by atoms with E-state index in [1.54, 1.807) is 0 Å². The number of rotatable bonds is 0. The van der Waals surface area contributed by atoms with Crippen molar-refractivity contribution in [2.24, 2.45) is 10.9 Å². The van der Waals surface area contributed by atoms with E-state index in [-0.39, 0.29) is 0 Å². The number of nitrogens with zero attached hydrogens (tertiary/aromatic N) is 1. The average Bonchev–Trinajstić information content (AvgIpc) is 1.64. The number of allylic oxidation sites excluding steroid dienone is 1. The first-order valence-electron chi connectivity index (χ1n) is 2.98. The summed E-state index contributed by atoms with van der Waals surface area (Å²) >= 11 is 0. The monoisotopic (exact) mass is 109 g/mol. The first-order valence-corrected chi connectivity index (χ1v) is 2.98. The van der Waals surface area contributed by atoms with Gasteiger partial charge in [-0.25, -0.2) is 0 Å². The van der Waals surface area contributed by atoms with Crippen molar-refractivity contribution in [3.8, 4) is 0 Å². The zero-order valence-electron chi connectivity index (χ0n) is 5.39. The van der Waals surface area contributed by atoms with Crippen LogP contribution in [-0.2, 0) is 0 Å². The van der Waals surface area contributed by atoms with Crippen molar-refractivity contribution in [1.29, 1.82) is 0 Å². The van der Waals surface area contributed by atoms with Crippen LogP contribution >= 0.6 is 0 Å². The molecule has 0 radical (unpaired) electrons. The highest BCUT2D eigenvalue weighted by Crippen LogP contribution is 2.12. The van der Waals surface area contributed by atoms with Crippen LogP contribution in [0.1, 0.15) is 20.3 Å². The van der Waals surface area contributed by atoms with E-state index in [9.17, 15) is 0 Å². The smallest absolute Gasteiger partial charge is 0.0253 e. The van der Waals surface area contributed by atoms with E-state index in [0.29, 0.717) is 5.92 Å². The molecule has 1 heterocycles. The fourth-order valence-corrected chi connectivity index (χ4v) is 0.930. The Bertz CT molecular complexity index is 133. The van der Waals surface area contributed by atoms with Gasteiger partial charge in [0.15, 0.2) is 0 Å². The summed E-state index contributed by atoms with van der Waals surface area (Å²) in [6.07, 6.45) is 5.11. The van der Waals surface area contributed by atoms with Crippen LogP contribution in [0.3, 0.4) is 0 Å². The van der Waals surface area contributed by atoms with E-state index >= 15 is 0 Å². The van der Waals surface area contributed by atoms with E-state index in [0.717, 1.165) is 0 Å². The van der Waals surface area contributed by atoms with Gasteiger partial charge in [-0.15, -0.1) is 0 Å². The third-order valence-electron chi connectivity index (χ3n) is 1.28. The molecule has 1 heteroatoms. The van der Waals surface area contributed by atoms with Crippen molar-refractivity contribution >= 4 is 6.21 Å². The van der Waals surface area contributed by atoms with Gasteiger partial charge in [0, 0.05) is 12.4 Å². The Kier molecular flexibility index (Phi) is 1.47. The first-order chi connectivity index (χ1) is 3.79. The minimum atomic E-state index is 0.653. The zero-order chi connectivity index (χ0) is 5.98. The zero-order valence-corrected chi connectivity index (χ0v) is 5.39. The lowest BCUT2D eigenvalue weighted by atomic mass is 10.0. The van der Waals surface area contributed by atoms with Crippen molar-refractivity contribution in [3.05, 3.63) is 11.8 Å². The molecule has 1 nitrogen and oxygen atoms in total. The van der Waals surface area contributed by atoms with Crippen molar-refractivity contribution in [2.45, 2.75) is 20.3 Å². The van der Waals surface area contributed by atoms with Gasteiger partial charge in [0.2, 0.25) is 0 Å². The fourth-order valence-electron chi connectivity index (χ4n) is 0.930. The fraction of sp³-hybridized carbons (Fsp3) is 0.571. The maximum absolute atomic E-state index is 4.05. The van der Waals surface area contributed by atoms with Gasteiger partial charge in [-0.05, 0) is 19.3 Å². The van der Waals surface area contributed by atoms with E-state index in [2.05, 4.69) is 18.8 Å². The van der Waals surface area contributed by atoms with Crippen LogP contribution in [0.25, 0.3) is 0 Å². The Labute approximate surface area is 50.1 Å². The molecule has 0 bridgehead atoms. The SMILES string of the molecule is CC1=CN=CC(C)C1. The first kappa shape index (κ1) is 5.54. The van der Waals surface area contributed by atoms with Gasteiger partial charge in [-0.1, -0.05) is 12.5 Å². The molecule has 0 aromatic carbocycles. The number of hydrogen-bond acceptors (Lipinski definition) is 1. The Morgan fingerprint density at radius 3 is 2.88 bits per heavy atom. The normalized spacial score (nSPS) is 27.8. The molecular formula is C7H11N. The molecule has 1 aliphatic rings. The number of hydrogen-bond donors (Lipinski definition) is 0. The second-order valence-electron chi connectivity index (χ2n) is 2.46. The predicted molar refractivity (Wildman–Crippen MR) is 36.0 cm³/mol. The van der Waals surface area contributed by atoms with Gasteiger partial charge in [-0.3, -0.25) is 4.99 Å². The lowest BCUT2D eigenvalue weighted by Crippen LogP contribution is -1.99. The molecule has 0 amide bonds. The molecule has 44 valence electrons. The van der Waals surface area contributed by atoms with Crippen LogP contribution in [0.5, 0.6) is 0 Å². The van der Waals surface area contributed by atoms with E-state index in [1.165, 1.54) is 12.0 Å². The van der Waals surface area contributed by atoms with Crippen LogP contribution in [0.4, 0.5) is 0 Å². The predicted octanol–water partition coefficient (Wildman–Crippen LogP) is 2.00. The Balaban J connectivity index is 2.59. The molecule has 0 aliphatic carbocycles. The molecule has 0 N–H and O–H groups in total. The lowest BCUT2D eigenvalue weighted by Gasteiger charge is -2.07. The van der Waals surface area contributed by atoms with E-state index in [1.807, 2.05) is 12.4 Å². The maximum atomic E-state index is 4.05. The van der Waals surface area contributed by atoms with Crippen molar-refractivity contribution in [1.82, 2.24) is 0 Å². The standard InChI is InChI=1S/C7H11N/c1-6-3-7(2)5-8-4-6/h4-6H,3H2,1-2H3. The van der Waals surface area contributed by atoms with Crippen LogP contribution in [0.15, 0.2) is 16.8 Å². The largest absolute Gasteiger partial charge is 0.269 e. The summed E-state index contributed by atoms with van der Waals surface area (Å²) in [4.78, 5) is 4.05. The molecule has 0 fully saturated rings. The summed E-state index contributed by atoms with van der Waals surface area (Å²) in [5.74, 6) is 0.653. The highest BCUT2D eigenvalue weighted by Gasteiger charge is 2.01. The topological polar surface area (TPSA) is 12.4 Å². The van der Waals surface area contributed by atoms with Gasteiger partial charge in [-0.2, -0.15) is 0 Å². The minimum Gasteiger partial charge on any atom is -0.269 e. The molecule has 1 atom stereocenters. The van der Waals surface area contributed by atoms with Gasteiger partial charge < -0.3 is 0 Å². The molecule has 0 aromatic heterocycles. The molecule has 0 saturated heterocycles. The van der Waals surface area contributed by atoms with Crippen molar-refractivity contribution in [3.63, 3.8) is 0 Å². The molecule has 1 aliphatic heterocycles.